The van der Waals surface area contributed by atoms with Crippen molar-refractivity contribution in [2.24, 2.45) is 5.92 Å². The summed E-state index contributed by atoms with van der Waals surface area (Å²) in [6.45, 7) is 3.36. The standard InChI is InChI=1S/C23H23ClN4O2/c1-16-7-9-19(10-8-16)25-23(30)17-4-3-13-27(15-17)21-11-12-22(29)28(26-21)20-6-2-5-18(24)14-20/h2,5-12,14,17H,3-4,13,15H2,1H3,(H,25,30). The van der Waals surface area contributed by atoms with Crippen LogP contribution in [0, 0.1) is 12.8 Å². The fraction of sp³-hybridized carbons (Fsp3) is 0.261. The second-order valence-corrected chi connectivity index (χ2v) is 8.00. The average Bonchev–Trinajstić information content (AvgIpc) is 2.76. The number of nitrogens with one attached hydrogen (secondary N) is 1. The van der Waals surface area contributed by atoms with E-state index in [0.29, 0.717) is 23.1 Å². The molecule has 6 nitrogen and oxygen atoms in total. The van der Waals surface area contributed by atoms with Crippen molar-refractivity contribution in [2.75, 3.05) is 23.3 Å². The number of halogens is 1. The predicted molar refractivity (Wildman–Crippen MR) is 120 cm³/mol. The summed E-state index contributed by atoms with van der Waals surface area (Å²) in [6.07, 6.45) is 1.70. The number of aromatic nitrogens is 2. The van der Waals surface area contributed by atoms with E-state index in [1.54, 1.807) is 30.3 Å². The van der Waals surface area contributed by atoms with Crippen LogP contribution in [0.25, 0.3) is 5.69 Å². The number of aryl methyl sites for hydroxylation is 1. The quantitative estimate of drug-likeness (QED) is 0.688. The molecule has 154 valence electrons. The Labute approximate surface area is 180 Å². The van der Waals surface area contributed by atoms with E-state index in [2.05, 4.69) is 15.3 Å². The molecule has 30 heavy (non-hydrogen) atoms. The molecule has 1 atom stereocenters. The summed E-state index contributed by atoms with van der Waals surface area (Å²) in [5.74, 6) is 0.530. The number of nitrogens with zero attached hydrogens (tertiary/aromatic N) is 3. The first-order valence-corrected chi connectivity index (χ1v) is 10.4. The lowest BCUT2D eigenvalue weighted by Gasteiger charge is -2.33. The van der Waals surface area contributed by atoms with Crippen LogP contribution in [0.3, 0.4) is 0 Å². The number of hydrogen-bond donors (Lipinski definition) is 1. The molecule has 1 aliphatic rings. The molecule has 0 spiro atoms. The van der Waals surface area contributed by atoms with Gasteiger partial charge in [-0.2, -0.15) is 4.68 Å². The summed E-state index contributed by atoms with van der Waals surface area (Å²) < 4.78 is 1.34. The summed E-state index contributed by atoms with van der Waals surface area (Å²) in [6, 6.07) is 18.0. The highest BCUT2D eigenvalue weighted by Gasteiger charge is 2.27. The van der Waals surface area contributed by atoms with E-state index in [4.69, 9.17) is 11.6 Å². The topological polar surface area (TPSA) is 67.2 Å². The van der Waals surface area contributed by atoms with Crippen molar-refractivity contribution in [3.05, 3.63) is 81.6 Å². The van der Waals surface area contributed by atoms with Crippen LogP contribution >= 0.6 is 11.6 Å². The molecule has 1 amide bonds. The van der Waals surface area contributed by atoms with Crippen LogP contribution in [0.15, 0.2) is 65.5 Å². The minimum absolute atomic E-state index is 0.00622. The third kappa shape index (κ3) is 4.54. The van der Waals surface area contributed by atoms with Crippen molar-refractivity contribution in [3.63, 3.8) is 0 Å². The van der Waals surface area contributed by atoms with Crippen molar-refractivity contribution >= 4 is 29.0 Å². The number of anilines is 2. The average molecular weight is 423 g/mol. The minimum Gasteiger partial charge on any atom is -0.354 e. The largest absolute Gasteiger partial charge is 0.354 e. The Morgan fingerprint density at radius 1 is 1.13 bits per heavy atom. The number of benzene rings is 2. The number of piperidine rings is 1. The monoisotopic (exact) mass is 422 g/mol. The van der Waals surface area contributed by atoms with Gasteiger partial charge in [-0.1, -0.05) is 35.4 Å². The van der Waals surface area contributed by atoms with Gasteiger partial charge < -0.3 is 10.2 Å². The Hall–Kier alpha value is -3.12. The normalized spacial score (nSPS) is 16.3. The fourth-order valence-electron chi connectivity index (χ4n) is 3.64. The summed E-state index contributed by atoms with van der Waals surface area (Å²) in [4.78, 5) is 27.2. The second kappa shape index (κ2) is 8.71. The van der Waals surface area contributed by atoms with Crippen molar-refractivity contribution < 1.29 is 4.79 Å². The Morgan fingerprint density at radius 3 is 2.70 bits per heavy atom. The Morgan fingerprint density at radius 2 is 1.93 bits per heavy atom. The maximum Gasteiger partial charge on any atom is 0.271 e. The van der Waals surface area contributed by atoms with Crippen molar-refractivity contribution in [3.8, 4) is 5.69 Å². The molecule has 0 aliphatic carbocycles. The van der Waals surface area contributed by atoms with Gasteiger partial charge in [0, 0.05) is 29.9 Å². The van der Waals surface area contributed by atoms with Crippen LogP contribution in [0.5, 0.6) is 0 Å². The molecule has 7 heteroatoms. The molecular weight excluding hydrogens is 400 g/mol. The molecule has 0 bridgehead atoms. The van der Waals surface area contributed by atoms with Gasteiger partial charge in [-0.25, -0.2) is 0 Å². The molecule has 4 rings (SSSR count). The molecule has 3 aromatic rings. The SMILES string of the molecule is Cc1ccc(NC(=O)C2CCCN(c3ccc(=O)n(-c4cccc(Cl)c4)n3)C2)cc1. The van der Waals surface area contributed by atoms with E-state index in [9.17, 15) is 9.59 Å². The van der Waals surface area contributed by atoms with E-state index in [1.165, 1.54) is 10.7 Å². The highest BCUT2D eigenvalue weighted by Crippen LogP contribution is 2.23. The third-order valence-corrected chi connectivity index (χ3v) is 5.51. The maximum absolute atomic E-state index is 12.8. The molecule has 2 heterocycles. The van der Waals surface area contributed by atoms with Crippen LogP contribution < -0.4 is 15.8 Å². The van der Waals surface area contributed by atoms with Crippen LogP contribution in [0.1, 0.15) is 18.4 Å². The molecule has 1 saturated heterocycles. The summed E-state index contributed by atoms with van der Waals surface area (Å²) in [5.41, 5.74) is 2.33. The first kappa shape index (κ1) is 20.2. The van der Waals surface area contributed by atoms with Gasteiger partial charge in [-0.05, 0) is 56.2 Å². The van der Waals surface area contributed by atoms with Crippen molar-refractivity contribution in [1.82, 2.24) is 9.78 Å². The molecule has 0 saturated carbocycles. The Balaban J connectivity index is 1.52. The number of amides is 1. The number of rotatable bonds is 4. The van der Waals surface area contributed by atoms with Crippen LogP contribution in [-0.4, -0.2) is 28.8 Å². The number of carbonyl (C=O) groups excluding carboxylic acids is 1. The van der Waals surface area contributed by atoms with Crippen LogP contribution in [-0.2, 0) is 4.79 Å². The van der Waals surface area contributed by atoms with E-state index in [1.807, 2.05) is 31.2 Å². The molecule has 0 radical (unpaired) electrons. The van der Waals surface area contributed by atoms with E-state index >= 15 is 0 Å². The van der Waals surface area contributed by atoms with Crippen molar-refractivity contribution in [2.45, 2.75) is 19.8 Å². The van der Waals surface area contributed by atoms with E-state index in [0.717, 1.165) is 30.6 Å². The summed E-state index contributed by atoms with van der Waals surface area (Å²) >= 11 is 6.07. The smallest absolute Gasteiger partial charge is 0.271 e. The van der Waals surface area contributed by atoms with Gasteiger partial charge in [0.25, 0.3) is 5.56 Å². The molecule has 1 unspecified atom stereocenters. The van der Waals surface area contributed by atoms with E-state index < -0.39 is 0 Å². The van der Waals surface area contributed by atoms with Gasteiger partial charge in [0.1, 0.15) is 5.82 Å². The molecular formula is C23H23ClN4O2. The first-order chi connectivity index (χ1) is 14.5. The van der Waals surface area contributed by atoms with Gasteiger partial charge in [0.05, 0.1) is 11.6 Å². The number of carbonyl (C=O) groups is 1. The zero-order chi connectivity index (χ0) is 21.1. The Bertz CT molecular complexity index is 1110. The molecule has 1 N–H and O–H groups in total. The second-order valence-electron chi connectivity index (χ2n) is 7.56. The van der Waals surface area contributed by atoms with Gasteiger partial charge in [-0.3, -0.25) is 9.59 Å². The van der Waals surface area contributed by atoms with Gasteiger partial charge in [-0.15, -0.1) is 5.10 Å². The lowest BCUT2D eigenvalue weighted by molar-refractivity contribution is -0.120. The highest BCUT2D eigenvalue weighted by atomic mass is 35.5. The van der Waals surface area contributed by atoms with Gasteiger partial charge >= 0.3 is 0 Å². The molecule has 1 fully saturated rings. The van der Waals surface area contributed by atoms with Crippen molar-refractivity contribution in [1.29, 1.82) is 0 Å². The Kier molecular flexibility index (Phi) is 5.86. The first-order valence-electron chi connectivity index (χ1n) is 9.98. The summed E-state index contributed by atoms with van der Waals surface area (Å²) in [5, 5.41) is 8.08. The lowest BCUT2D eigenvalue weighted by Crippen LogP contribution is -2.41. The van der Waals surface area contributed by atoms with Gasteiger partial charge in [0.2, 0.25) is 5.91 Å². The number of hydrogen-bond acceptors (Lipinski definition) is 4. The highest BCUT2D eigenvalue weighted by molar-refractivity contribution is 6.30. The summed E-state index contributed by atoms with van der Waals surface area (Å²) in [7, 11) is 0. The fourth-order valence-corrected chi connectivity index (χ4v) is 3.83. The lowest BCUT2D eigenvalue weighted by atomic mass is 9.97. The molecule has 2 aromatic carbocycles. The minimum atomic E-state index is -0.230. The zero-order valence-electron chi connectivity index (χ0n) is 16.7. The molecule has 1 aromatic heterocycles. The van der Waals surface area contributed by atoms with E-state index in [-0.39, 0.29) is 17.4 Å². The molecule has 1 aliphatic heterocycles. The van der Waals surface area contributed by atoms with Crippen LogP contribution in [0.2, 0.25) is 5.02 Å². The third-order valence-electron chi connectivity index (χ3n) is 5.27. The predicted octanol–water partition coefficient (Wildman–Crippen LogP) is 4.05. The van der Waals surface area contributed by atoms with Crippen LogP contribution in [0.4, 0.5) is 11.5 Å². The maximum atomic E-state index is 12.8. The zero-order valence-corrected chi connectivity index (χ0v) is 17.5. The van der Waals surface area contributed by atoms with Gasteiger partial charge in [0.15, 0.2) is 0 Å².